The molecular weight excluding hydrogens is 214 g/mol. The van der Waals surface area contributed by atoms with Gasteiger partial charge in [-0.3, -0.25) is 9.69 Å². The van der Waals surface area contributed by atoms with Crippen molar-refractivity contribution < 1.29 is 4.79 Å². The topological polar surface area (TPSA) is 58.4 Å². The lowest BCUT2D eigenvalue weighted by atomic mass is 10.1. The van der Waals surface area contributed by atoms with E-state index in [9.17, 15) is 4.79 Å². The van der Waals surface area contributed by atoms with Crippen molar-refractivity contribution in [3.05, 3.63) is 23.8 Å². The van der Waals surface area contributed by atoms with E-state index in [1.807, 2.05) is 44.9 Å². The van der Waals surface area contributed by atoms with E-state index < -0.39 is 0 Å². The number of rotatable bonds is 4. The van der Waals surface area contributed by atoms with Crippen LogP contribution < -0.4 is 11.1 Å². The lowest BCUT2D eigenvalue weighted by Crippen LogP contribution is -2.39. The number of carbonyl (C=O) groups excluding carboxylic acids is 1. The first-order chi connectivity index (χ1) is 7.95. The predicted octanol–water partition coefficient (Wildman–Crippen LogP) is 1.86. The Morgan fingerprint density at radius 1 is 1.53 bits per heavy atom. The fraction of sp³-hybridized carbons (Fsp3) is 0.462. The number of anilines is 2. The van der Waals surface area contributed by atoms with Gasteiger partial charge in [-0.15, -0.1) is 0 Å². The van der Waals surface area contributed by atoms with E-state index in [1.54, 1.807) is 6.07 Å². The molecule has 0 aliphatic rings. The largest absolute Gasteiger partial charge is 0.399 e. The van der Waals surface area contributed by atoms with Crippen molar-refractivity contribution in [2.45, 2.75) is 26.8 Å². The Kier molecular flexibility index (Phi) is 4.52. The predicted molar refractivity (Wildman–Crippen MR) is 72.0 cm³/mol. The van der Waals surface area contributed by atoms with E-state index >= 15 is 0 Å². The Balaban J connectivity index is 2.74. The lowest BCUT2D eigenvalue weighted by molar-refractivity contribution is -0.120. The number of nitrogens with one attached hydrogen (secondary N) is 1. The minimum Gasteiger partial charge on any atom is -0.399 e. The van der Waals surface area contributed by atoms with Gasteiger partial charge in [0.05, 0.1) is 6.04 Å². The first kappa shape index (κ1) is 13.5. The van der Waals surface area contributed by atoms with Gasteiger partial charge in [0.1, 0.15) is 0 Å². The number of benzene rings is 1. The average Bonchev–Trinajstić information content (AvgIpc) is 2.30. The number of aryl methyl sites for hydroxylation is 1. The van der Waals surface area contributed by atoms with Crippen molar-refractivity contribution in [2.75, 3.05) is 24.6 Å². The van der Waals surface area contributed by atoms with Crippen molar-refractivity contribution >= 4 is 17.3 Å². The third kappa shape index (κ3) is 3.46. The number of nitrogen functional groups attached to an aromatic ring is 1. The molecular formula is C13H21N3O. The van der Waals surface area contributed by atoms with Gasteiger partial charge in [0.15, 0.2) is 0 Å². The van der Waals surface area contributed by atoms with Crippen LogP contribution in [0.2, 0.25) is 0 Å². The number of hydrogen-bond donors (Lipinski definition) is 2. The molecule has 17 heavy (non-hydrogen) atoms. The fourth-order valence-electron chi connectivity index (χ4n) is 1.54. The quantitative estimate of drug-likeness (QED) is 0.783. The molecule has 0 radical (unpaired) electrons. The van der Waals surface area contributed by atoms with Gasteiger partial charge in [-0.1, -0.05) is 6.92 Å². The molecule has 1 amide bonds. The molecule has 1 unspecified atom stereocenters. The van der Waals surface area contributed by atoms with Gasteiger partial charge in [0.25, 0.3) is 0 Å². The molecule has 4 nitrogen and oxygen atoms in total. The zero-order valence-electron chi connectivity index (χ0n) is 10.9. The molecule has 1 rings (SSSR count). The van der Waals surface area contributed by atoms with Gasteiger partial charge in [0, 0.05) is 11.4 Å². The molecule has 1 aromatic rings. The molecule has 0 spiro atoms. The Bertz CT molecular complexity index is 404. The second-order valence-electron chi connectivity index (χ2n) is 4.31. The maximum absolute atomic E-state index is 12.0. The van der Waals surface area contributed by atoms with E-state index in [1.165, 1.54) is 0 Å². The van der Waals surface area contributed by atoms with Gasteiger partial charge in [-0.25, -0.2) is 0 Å². The standard InChI is InChI=1S/C13H21N3O/c1-5-16(4)10(3)13(17)15-12-7-6-11(14)8-9(12)2/h6-8,10H,5,14H2,1-4H3,(H,15,17). The summed E-state index contributed by atoms with van der Waals surface area (Å²) in [6, 6.07) is 5.33. The van der Waals surface area contributed by atoms with Gasteiger partial charge in [0.2, 0.25) is 5.91 Å². The number of nitrogens with zero attached hydrogens (tertiary/aromatic N) is 1. The molecule has 0 heterocycles. The highest BCUT2D eigenvalue weighted by molar-refractivity contribution is 5.95. The van der Waals surface area contributed by atoms with Crippen molar-refractivity contribution in [3.63, 3.8) is 0 Å². The summed E-state index contributed by atoms with van der Waals surface area (Å²) in [6.07, 6.45) is 0. The van der Waals surface area contributed by atoms with Crippen LogP contribution in [0.4, 0.5) is 11.4 Å². The number of hydrogen-bond acceptors (Lipinski definition) is 3. The number of amides is 1. The molecule has 0 fully saturated rings. The molecule has 0 saturated carbocycles. The van der Waals surface area contributed by atoms with Gasteiger partial charge < -0.3 is 11.1 Å². The van der Waals surface area contributed by atoms with Crippen LogP contribution in [0.25, 0.3) is 0 Å². The monoisotopic (exact) mass is 235 g/mol. The molecule has 0 aromatic heterocycles. The second kappa shape index (κ2) is 5.68. The van der Waals surface area contributed by atoms with Crippen LogP contribution in [-0.4, -0.2) is 30.4 Å². The number of likely N-dealkylation sites (N-methyl/N-ethyl adjacent to an activating group) is 1. The summed E-state index contributed by atoms with van der Waals surface area (Å²) in [7, 11) is 1.93. The second-order valence-corrected chi connectivity index (χ2v) is 4.31. The van der Waals surface area contributed by atoms with E-state index in [-0.39, 0.29) is 11.9 Å². The third-order valence-electron chi connectivity index (χ3n) is 3.05. The molecule has 94 valence electrons. The molecule has 3 N–H and O–H groups in total. The van der Waals surface area contributed by atoms with Gasteiger partial charge in [-0.2, -0.15) is 0 Å². The normalized spacial score (nSPS) is 12.5. The minimum atomic E-state index is -0.142. The Morgan fingerprint density at radius 3 is 2.71 bits per heavy atom. The Morgan fingerprint density at radius 2 is 2.18 bits per heavy atom. The molecule has 1 atom stereocenters. The van der Waals surface area contributed by atoms with Crippen LogP contribution in [0, 0.1) is 6.92 Å². The zero-order chi connectivity index (χ0) is 13.0. The number of nitrogens with two attached hydrogens (primary N) is 1. The van der Waals surface area contributed by atoms with Crippen molar-refractivity contribution in [2.24, 2.45) is 0 Å². The average molecular weight is 235 g/mol. The Hall–Kier alpha value is -1.55. The molecule has 1 aromatic carbocycles. The van der Waals surface area contributed by atoms with Gasteiger partial charge in [-0.05, 0) is 51.2 Å². The smallest absolute Gasteiger partial charge is 0.241 e. The molecule has 0 bridgehead atoms. The lowest BCUT2D eigenvalue weighted by Gasteiger charge is -2.22. The summed E-state index contributed by atoms with van der Waals surface area (Å²) in [6.45, 7) is 6.69. The fourth-order valence-corrected chi connectivity index (χ4v) is 1.54. The van der Waals surface area contributed by atoms with E-state index in [0.717, 1.165) is 17.8 Å². The van der Waals surface area contributed by atoms with E-state index in [0.29, 0.717) is 5.69 Å². The first-order valence-corrected chi connectivity index (χ1v) is 5.83. The van der Waals surface area contributed by atoms with Crippen LogP contribution in [0.15, 0.2) is 18.2 Å². The van der Waals surface area contributed by atoms with Crippen LogP contribution in [0.5, 0.6) is 0 Å². The summed E-state index contributed by atoms with van der Waals surface area (Å²) >= 11 is 0. The van der Waals surface area contributed by atoms with E-state index in [4.69, 9.17) is 5.73 Å². The Labute approximate surface area is 103 Å². The van der Waals surface area contributed by atoms with Gasteiger partial charge >= 0.3 is 0 Å². The van der Waals surface area contributed by atoms with Crippen molar-refractivity contribution in [3.8, 4) is 0 Å². The minimum absolute atomic E-state index is 0.00206. The maximum Gasteiger partial charge on any atom is 0.241 e. The van der Waals surface area contributed by atoms with Crippen LogP contribution in [-0.2, 0) is 4.79 Å². The van der Waals surface area contributed by atoms with E-state index in [2.05, 4.69) is 5.32 Å². The zero-order valence-corrected chi connectivity index (χ0v) is 10.9. The number of carbonyl (C=O) groups is 1. The third-order valence-corrected chi connectivity index (χ3v) is 3.05. The summed E-state index contributed by atoms with van der Waals surface area (Å²) in [5.74, 6) is 0.00206. The maximum atomic E-state index is 12.0. The molecule has 0 aliphatic heterocycles. The van der Waals surface area contributed by atoms with Crippen LogP contribution in [0.3, 0.4) is 0 Å². The first-order valence-electron chi connectivity index (χ1n) is 5.83. The molecule has 4 heteroatoms. The summed E-state index contributed by atoms with van der Waals surface area (Å²) < 4.78 is 0. The molecule has 0 aliphatic carbocycles. The van der Waals surface area contributed by atoms with Crippen LogP contribution >= 0.6 is 0 Å². The molecule has 0 saturated heterocycles. The highest BCUT2D eigenvalue weighted by Gasteiger charge is 2.17. The van der Waals surface area contributed by atoms with Crippen molar-refractivity contribution in [1.29, 1.82) is 0 Å². The van der Waals surface area contributed by atoms with Crippen molar-refractivity contribution in [1.82, 2.24) is 4.90 Å². The summed E-state index contributed by atoms with van der Waals surface area (Å²) in [5, 5.41) is 2.92. The highest BCUT2D eigenvalue weighted by atomic mass is 16.2. The highest BCUT2D eigenvalue weighted by Crippen LogP contribution is 2.18. The summed E-state index contributed by atoms with van der Waals surface area (Å²) in [5.41, 5.74) is 8.17. The summed E-state index contributed by atoms with van der Waals surface area (Å²) in [4.78, 5) is 14.0. The van der Waals surface area contributed by atoms with Crippen LogP contribution in [0.1, 0.15) is 19.4 Å². The SMILES string of the molecule is CCN(C)C(C)C(=O)Nc1ccc(N)cc1C.